The van der Waals surface area contributed by atoms with Gasteiger partial charge in [0.1, 0.15) is 23.6 Å². The van der Waals surface area contributed by atoms with Crippen LogP contribution in [0.3, 0.4) is 0 Å². The molecular weight excluding hydrogens is 340 g/mol. The summed E-state index contributed by atoms with van der Waals surface area (Å²) < 4.78 is 11.3. The minimum atomic E-state index is 0.554. The Kier molecular flexibility index (Phi) is 5.05. The van der Waals surface area contributed by atoms with Crippen LogP contribution in [-0.4, -0.2) is 43.3 Å². The smallest absolute Gasteiger partial charge is 0.224 e. The molecule has 0 unspecified atom stereocenters. The third kappa shape index (κ3) is 3.95. The lowest BCUT2D eigenvalue weighted by Crippen LogP contribution is -2.47. The molecule has 1 aliphatic heterocycles. The second-order valence-electron chi connectivity index (χ2n) is 6.28. The van der Waals surface area contributed by atoms with Crippen LogP contribution in [0.25, 0.3) is 0 Å². The zero-order valence-corrected chi connectivity index (χ0v) is 15.3. The van der Waals surface area contributed by atoms with E-state index in [9.17, 15) is 0 Å². The summed E-state index contributed by atoms with van der Waals surface area (Å²) in [5.74, 6) is 3.11. The Morgan fingerprint density at radius 3 is 2.30 bits per heavy atom. The number of benzene rings is 2. The van der Waals surface area contributed by atoms with Crippen molar-refractivity contribution in [1.29, 1.82) is 0 Å². The highest BCUT2D eigenvalue weighted by molar-refractivity contribution is 5.59. The first-order valence-corrected chi connectivity index (χ1v) is 9.01. The summed E-state index contributed by atoms with van der Waals surface area (Å²) >= 11 is 0. The van der Waals surface area contributed by atoms with Gasteiger partial charge in [0, 0.05) is 32.2 Å². The summed E-state index contributed by atoms with van der Waals surface area (Å²) in [5.41, 5.74) is 1.13. The van der Waals surface area contributed by atoms with Crippen LogP contribution in [0.4, 0.5) is 11.5 Å². The maximum Gasteiger partial charge on any atom is 0.224 e. The van der Waals surface area contributed by atoms with E-state index in [1.807, 2.05) is 54.6 Å². The van der Waals surface area contributed by atoms with E-state index >= 15 is 0 Å². The standard InChI is InChI=1S/C21H22N4O2/c1-26-19-10-6-5-9-18(19)24-11-13-25(14-12-24)20-15-21(23-16-22-20)27-17-7-3-2-4-8-17/h2-10,15-16H,11-14H2,1H3. The number of piperazine rings is 1. The Morgan fingerprint density at radius 1 is 0.815 bits per heavy atom. The summed E-state index contributed by atoms with van der Waals surface area (Å²) in [6.45, 7) is 3.55. The fraction of sp³-hybridized carbons (Fsp3) is 0.238. The average molecular weight is 362 g/mol. The van der Waals surface area contributed by atoms with Crippen LogP contribution in [0.2, 0.25) is 0 Å². The second-order valence-corrected chi connectivity index (χ2v) is 6.28. The van der Waals surface area contributed by atoms with Crippen LogP contribution < -0.4 is 19.3 Å². The number of nitrogens with zero attached hydrogens (tertiary/aromatic N) is 4. The average Bonchev–Trinajstić information content (AvgIpc) is 2.75. The normalized spacial score (nSPS) is 14.1. The number of hydrogen-bond donors (Lipinski definition) is 0. The maximum atomic E-state index is 5.83. The Balaban J connectivity index is 1.43. The van der Waals surface area contributed by atoms with Crippen molar-refractivity contribution < 1.29 is 9.47 Å². The molecule has 4 rings (SSSR count). The fourth-order valence-electron chi connectivity index (χ4n) is 3.24. The predicted molar refractivity (Wildman–Crippen MR) is 106 cm³/mol. The molecule has 1 aliphatic rings. The number of aromatic nitrogens is 2. The van der Waals surface area contributed by atoms with Crippen LogP contribution in [0.5, 0.6) is 17.4 Å². The second kappa shape index (κ2) is 7.95. The molecule has 0 radical (unpaired) electrons. The molecule has 0 atom stereocenters. The molecule has 1 aromatic heterocycles. The highest BCUT2D eigenvalue weighted by Crippen LogP contribution is 2.29. The third-order valence-electron chi connectivity index (χ3n) is 4.62. The van der Waals surface area contributed by atoms with Gasteiger partial charge in [-0.3, -0.25) is 0 Å². The fourth-order valence-corrected chi connectivity index (χ4v) is 3.24. The molecule has 27 heavy (non-hydrogen) atoms. The molecular formula is C21H22N4O2. The van der Waals surface area contributed by atoms with E-state index < -0.39 is 0 Å². The Morgan fingerprint density at radius 2 is 1.52 bits per heavy atom. The zero-order chi connectivity index (χ0) is 18.5. The topological polar surface area (TPSA) is 50.7 Å². The van der Waals surface area contributed by atoms with Gasteiger partial charge in [0.15, 0.2) is 0 Å². The number of methoxy groups -OCH3 is 1. The van der Waals surface area contributed by atoms with Crippen molar-refractivity contribution in [2.45, 2.75) is 0 Å². The molecule has 0 aliphatic carbocycles. The molecule has 0 amide bonds. The Labute approximate surface area is 159 Å². The van der Waals surface area contributed by atoms with E-state index in [2.05, 4.69) is 25.8 Å². The number of rotatable bonds is 5. The van der Waals surface area contributed by atoms with Crippen LogP contribution in [-0.2, 0) is 0 Å². The highest BCUT2D eigenvalue weighted by atomic mass is 16.5. The van der Waals surface area contributed by atoms with Gasteiger partial charge in [-0.25, -0.2) is 9.97 Å². The first-order chi connectivity index (χ1) is 13.3. The van der Waals surface area contributed by atoms with E-state index in [-0.39, 0.29) is 0 Å². The molecule has 6 nitrogen and oxygen atoms in total. The molecule has 138 valence electrons. The van der Waals surface area contributed by atoms with Crippen molar-refractivity contribution in [2.24, 2.45) is 0 Å². The van der Waals surface area contributed by atoms with Gasteiger partial charge in [-0.15, -0.1) is 0 Å². The van der Waals surface area contributed by atoms with E-state index in [0.717, 1.165) is 49.2 Å². The van der Waals surface area contributed by atoms with E-state index in [4.69, 9.17) is 9.47 Å². The molecule has 3 aromatic rings. The van der Waals surface area contributed by atoms with Gasteiger partial charge < -0.3 is 19.3 Å². The lowest BCUT2D eigenvalue weighted by Gasteiger charge is -2.37. The van der Waals surface area contributed by atoms with Gasteiger partial charge in [-0.2, -0.15) is 0 Å². The predicted octanol–water partition coefficient (Wildman–Crippen LogP) is 3.60. The van der Waals surface area contributed by atoms with Crippen LogP contribution in [0, 0.1) is 0 Å². The van der Waals surface area contributed by atoms with Crippen LogP contribution in [0.1, 0.15) is 0 Å². The quantitative estimate of drug-likeness (QED) is 0.691. The van der Waals surface area contributed by atoms with Gasteiger partial charge in [-0.05, 0) is 24.3 Å². The lowest BCUT2D eigenvalue weighted by atomic mass is 10.2. The maximum absolute atomic E-state index is 5.83. The highest BCUT2D eigenvalue weighted by Gasteiger charge is 2.21. The molecule has 2 aromatic carbocycles. The molecule has 0 bridgehead atoms. The largest absolute Gasteiger partial charge is 0.495 e. The molecule has 1 saturated heterocycles. The Hall–Kier alpha value is -3.28. The third-order valence-corrected chi connectivity index (χ3v) is 4.62. The van der Waals surface area contributed by atoms with Gasteiger partial charge in [-0.1, -0.05) is 30.3 Å². The van der Waals surface area contributed by atoms with Gasteiger partial charge >= 0.3 is 0 Å². The molecule has 0 saturated carbocycles. The first-order valence-electron chi connectivity index (χ1n) is 9.01. The van der Waals surface area contributed by atoms with E-state index in [1.165, 1.54) is 0 Å². The van der Waals surface area contributed by atoms with Gasteiger partial charge in [0.2, 0.25) is 5.88 Å². The molecule has 6 heteroatoms. The molecule has 0 N–H and O–H groups in total. The summed E-state index contributed by atoms with van der Waals surface area (Å²) in [7, 11) is 1.71. The number of anilines is 2. The van der Waals surface area contributed by atoms with Crippen LogP contribution >= 0.6 is 0 Å². The molecule has 2 heterocycles. The van der Waals surface area contributed by atoms with Crippen molar-refractivity contribution in [2.75, 3.05) is 43.1 Å². The number of para-hydroxylation sites is 3. The summed E-state index contributed by atoms with van der Waals surface area (Å²) in [6.07, 6.45) is 1.56. The van der Waals surface area contributed by atoms with Crippen molar-refractivity contribution in [1.82, 2.24) is 9.97 Å². The minimum absolute atomic E-state index is 0.554. The van der Waals surface area contributed by atoms with Crippen molar-refractivity contribution in [3.05, 3.63) is 67.0 Å². The number of ether oxygens (including phenoxy) is 2. The summed E-state index contributed by atoms with van der Waals surface area (Å²) in [5, 5.41) is 0. The molecule has 1 fully saturated rings. The number of hydrogen-bond acceptors (Lipinski definition) is 6. The zero-order valence-electron chi connectivity index (χ0n) is 15.3. The monoisotopic (exact) mass is 362 g/mol. The van der Waals surface area contributed by atoms with Gasteiger partial charge in [0.05, 0.1) is 12.8 Å². The summed E-state index contributed by atoms with van der Waals surface area (Å²) in [4.78, 5) is 13.3. The summed E-state index contributed by atoms with van der Waals surface area (Å²) in [6, 6.07) is 19.7. The van der Waals surface area contributed by atoms with E-state index in [0.29, 0.717) is 5.88 Å². The van der Waals surface area contributed by atoms with Crippen molar-refractivity contribution >= 4 is 11.5 Å². The SMILES string of the molecule is COc1ccccc1N1CCN(c2cc(Oc3ccccc3)ncn2)CC1. The van der Waals surface area contributed by atoms with Crippen LogP contribution in [0.15, 0.2) is 67.0 Å². The van der Waals surface area contributed by atoms with Crippen molar-refractivity contribution in [3.63, 3.8) is 0 Å². The van der Waals surface area contributed by atoms with Crippen molar-refractivity contribution in [3.8, 4) is 17.4 Å². The first kappa shape index (κ1) is 17.1. The molecule has 0 spiro atoms. The Bertz CT molecular complexity index is 880. The van der Waals surface area contributed by atoms with E-state index in [1.54, 1.807) is 13.4 Å². The minimum Gasteiger partial charge on any atom is -0.495 e. The van der Waals surface area contributed by atoms with Gasteiger partial charge in [0.25, 0.3) is 0 Å². The lowest BCUT2D eigenvalue weighted by molar-refractivity contribution is 0.413.